The summed E-state index contributed by atoms with van der Waals surface area (Å²) in [7, 11) is 0. The minimum atomic E-state index is -1.04. The van der Waals surface area contributed by atoms with E-state index in [0.717, 1.165) is 10.9 Å². The molecule has 2 aromatic rings. The zero-order valence-electron chi connectivity index (χ0n) is 10.7. The van der Waals surface area contributed by atoms with Gasteiger partial charge < -0.3 is 19.7 Å². The third-order valence-corrected chi connectivity index (χ3v) is 3.49. The standard InChI is InChI=1S/C14H14N2O4/c17-13(16-6-7-20-8-11(16)14(18)19)10-3-1-2-9-4-5-15-12(9)10/h1-5,11,15H,6-8H2,(H,18,19)/t11-/m0/s1. The number of rotatable bonds is 2. The number of morpholine rings is 1. The summed E-state index contributed by atoms with van der Waals surface area (Å²) in [5.41, 5.74) is 1.22. The number of carboxylic acids is 1. The minimum absolute atomic E-state index is 0.0295. The van der Waals surface area contributed by atoms with Gasteiger partial charge in [0.15, 0.2) is 6.04 Å². The summed E-state index contributed by atoms with van der Waals surface area (Å²) in [4.78, 5) is 28.2. The van der Waals surface area contributed by atoms with E-state index in [9.17, 15) is 14.7 Å². The highest BCUT2D eigenvalue weighted by molar-refractivity contribution is 6.06. The van der Waals surface area contributed by atoms with Crippen LogP contribution in [0.1, 0.15) is 10.4 Å². The first-order chi connectivity index (χ1) is 9.68. The highest BCUT2D eigenvalue weighted by Crippen LogP contribution is 2.20. The van der Waals surface area contributed by atoms with Gasteiger partial charge in [-0.25, -0.2) is 4.79 Å². The Morgan fingerprint density at radius 3 is 3.00 bits per heavy atom. The van der Waals surface area contributed by atoms with Gasteiger partial charge in [0.1, 0.15) is 0 Å². The van der Waals surface area contributed by atoms with Crippen LogP contribution in [0.2, 0.25) is 0 Å². The van der Waals surface area contributed by atoms with Gasteiger partial charge in [0.25, 0.3) is 5.91 Å². The lowest BCUT2D eigenvalue weighted by atomic mass is 10.1. The van der Waals surface area contributed by atoms with E-state index in [1.54, 1.807) is 18.3 Å². The van der Waals surface area contributed by atoms with Crippen LogP contribution in [-0.2, 0) is 9.53 Å². The van der Waals surface area contributed by atoms with Crippen LogP contribution in [0.3, 0.4) is 0 Å². The van der Waals surface area contributed by atoms with Crippen LogP contribution in [0.25, 0.3) is 10.9 Å². The largest absolute Gasteiger partial charge is 0.480 e. The fourth-order valence-corrected chi connectivity index (χ4v) is 2.47. The van der Waals surface area contributed by atoms with E-state index in [-0.39, 0.29) is 19.1 Å². The number of aromatic nitrogens is 1. The molecule has 0 bridgehead atoms. The molecule has 2 heterocycles. The van der Waals surface area contributed by atoms with Crippen molar-refractivity contribution in [1.82, 2.24) is 9.88 Å². The molecule has 1 aliphatic heterocycles. The van der Waals surface area contributed by atoms with Crippen LogP contribution >= 0.6 is 0 Å². The first-order valence-corrected chi connectivity index (χ1v) is 6.36. The zero-order valence-corrected chi connectivity index (χ0v) is 10.7. The van der Waals surface area contributed by atoms with Crippen molar-refractivity contribution < 1.29 is 19.4 Å². The molecule has 0 saturated carbocycles. The number of nitrogens with zero attached hydrogens (tertiary/aromatic N) is 1. The van der Waals surface area contributed by atoms with Crippen molar-refractivity contribution in [2.75, 3.05) is 19.8 Å². The topological polar surface area (TPSA) is 82.6 Å². The van der Waals surface area contributed by atoms with E-state index in [2.05, 4.69) is 4.98 Å². The summed E-state index contributed by atoms with van der Waals surface area (Å²) in [5.74, 6) is -1.33. The summed E-state index contributed by atoms with van der Waals surface area (Å²) < 4.78 is 5.15. The second-order valence-corrected chi connectivity index (χ2v) is 4.67. The summed E-state index contributed by atoms with van der Waals surface area (Å²) >= 11 is 0. The molecule has 3 rings (SSSR count). The van der Waals surface area contributed by atoms with Crippen LogP contribution in [0.4, 0.5) is 0 Å². The molecule has 1 aromatic carbocycles. The minimum Gasteiger partial charge on any atom is -0.480 e. The summed E-state index contributed by atoms with van der Waals surface area (Å²) in [6, 6.07) is 6.34. The fourth-order valence-electron chi connectivity index (χ4n) is 2.47. The molecule has 1 atom stereocenters. The number of amides is 1. The normalized spacial score (nSPS) is 19.2. The Morgan fingerprint density at radius 1 is 1.35 bits per heavy atom. The molecule has 104 valence electrons. The first kappa shape index (κ1) is 12.7. The second-order valence-electron chi connectivity index (χ2n) is 4.67. The Kier molecular flexibility index (Phi) is 3.15. The van der Waals surface area contributed by atoms with Crippen LogP contribution in [0, 0.1) is 0 Å². The molecule has 1 fully saturated rings. The van der Waals surface area contributed by atoms with E-state index in [4.69, 9.17) is 4.74 Å². The number of carbonyl (C=O) groups excluding carboxylic acids is 1. The summed E-state index contributed by atoms with van der Waals surface area (Å²) in [6.45, 7) is 0.672. The van der Waals surface area contributed by atoms with Crippen LogP contribution in [-0.4, -0.2) is 52.7 Å². The number of hydrogen-bond donors (Lipinski definition) is 2. The summed E-state index contributed by atoms with van der Waals surface area (Å²) in [5, 5.41) is 10.1. The van der Waals surface area contributed by atoms with Gasteiger partial charge in [0, 0.05) is 18.1 Å². The van der Waals surface area contributed by atoms with Gasteiger partial charge in [-0.3, -0.25) is 4.79 Å². The van der Waals surface area contributed by atoms with Gasteiger partial charge in [-0.1, -0.05) is 12.1 Å². The number of benzene rings is 1. The molecule has 0 radical (unpaired) electrons. The van der Waals surface area contributed by atoms with Gasteiger partial charge in [0.05, 0.1) is 24.3 Å². The Morgan fingerprint density at radius 2 is 2.20 bits per heavy atom. The number of fused-ring (bicyclic) bond motifs is 1. The van der Waals surface area contributed by atoms with Crippen LogP contribution < -0.4 is 0 Å². The first-order valence-electron chi connectivity index (χ1n) is 6.36. The SMILES string of the molecule is O=C(O)[C@@H]1COCCN1C(=O)c1cccc2cc[nH]c12. The van der Waals surface area contributed by atoms with E-state index in [1.807, 2.05) is 12.1 Å². The summed E-state index contributed by atoms with van der Waals surface area (Å²) in [6.07, 6.45) is 1.76. The number of carbonyl (C=O) groups is 2. The molecule has 2 N–H and O–H groups in total. The number of H-pyrrole nitrogens is 1. The van der Waals surface area contributed by atoms with Crippen molar-refractivity contribution in [3.05, 3.63) is 36.0 Å². The molecule has 1 saturated heterocycles. The number of aromatic amines is 1. The number of nitrogens with one attached hydrogen (secondary N) is 1. The number of aliphatic carboxylic acids is 1. The maximum atomic E-state index is 12.6. The average molecular weight is 274 g/mol. The highest BCUT2D eigenvalue weighted by atomic mass is 16.5. The molecular weight excluding hydrogens is 260 g/mol. The maximum Gasteiger partial charge on any atom is 0.328 e. The monoisotopic (exact) mass is 274 g/mol. The van der Waals surface area contributed by atoms with Gasteiger partial charge in [-0.2, -0.15) is 0 Å². The highest BCUT2D eigenvalue weighted by Gasteiger charge is 2.33. The van der Waals surface area contributed by atoms with E-state index in [1.165, 1.54) is 4.90 Å². The predicted octanol–water partition coefficient (Wildman–Crippen LogP) is 1.09. The predicted molar refractivity (Wildman–Crippen MR) is 71.6 cm³/mol. The Balaban J connectivity index is 1.98. The lowest BCUT2D eigenvalue weighted by molar-refractivity contribution is -0.147. The fraction of sp³-hybridized carbons (Fsp3) is 0.286. The number of ether oxygens (including phenoxy) is 1. The quantitative estimate of drug-likeness (QED) is 0.859. The second kappa shape index (κ2) is 4.97. The third kappa shape index (κ3) is 2.04. The molecule has 20 heavy (non-hydrogen) atoms. The van der Waals surface area contributed by atoms with Crippen molar-refractivity contribution in [3.8, 4) is 0 Å². The number of para-hydroxylation sites is 1. The molecule has 6 nitrogen and oxygen atoms in total. The van der Waals surface area contributed by atoms with Gasteiger partial charge >= 0.3 is 5.97 Å². The van der Waals surface area contributed by atoms with Crippen molar-refractivity contribution in [1.29, 1.82) is 0 Å². The van der Waals surface area contributed by atoms with E-state index < -0.39 is 12.0 Å². The average Bonchev–Trinajstić information content (AvgIpc) is 2.94. The number of carboxylic acid groups (broad SMARTS) is 1. The Hall–Kier alpha value is -2.34. The van der Waals surface area contributed by atoms with Gasteiger partial charge in [0.2, 0.25) is 0 Å². The van der Waals surface area contributed by atoms with Crippen molar-refractivity contribution in [2.24, 2.45) is 0 Å². The van der Waals surface area contributed by atoms with Crippen molar-refractivity contribution >= 4 is 22.8 Å². The van der Waals surface area contributed by atoms with Crippen molar-refractivity contribution in [2.45, 2.75) is 6.04 Å². The van der Waals surface area contributed by atoms with Crippen LogP contribution in [0.5, 0.6) is 0 Å². The van der Waals surface area contributed by atoms with Gasteiger partial charge in [-0.15, -0.1) is 0 Å². The molecule has 1 aromatic heterocycles. The Labute approximate surface area is 114 Å². The molecule has 1 amide bonds. The number of hydrogen-bond acceptors (Lipinski definition) is 3. The maximum absolute atomic E-state index is 12.6. The van der Waals surface area contributed by atoms with Gasteiger partial charge in [-0.05, 0) is 12.1 Å². The molecule has 1 aliphatic rings. The van der Waals surface area contributed by atoms with E-state index in [0.29, 0.717) is 12.2 Å². The molecular formula is C14H14N2O4. The molecule has 0 aliphatic carbocycles. The zero-order chi connectivity index (χ0) is 14.1. The lowest BCUT2D eigenvalue weighted by Gasteiger charge is -2.33. The lowest BCUT2D eigenvalue weighted by Crippen LogP contribution is -2.52. The van der Waals surface area contributed by atoms with E-state index >= 15 is 0 Å². The third-order valence-electron chi connectivity index (χ3n) is 3.49. The molecule has 6 heteroatoms. The smallest absolute Gasteiger partial charge is 0.328 e. The van der Waals surface area contributed by atoms with Crippen molar-refractivity contribution in [3.63, 3.8) is 0 Å². The van der Waals surface area contributed by atoms with Crippen LogP contribution in [0.15, 0.2) is 30.5 Å². The molecule has 0 unspecified atom stereocenters. The Bertz CT molecular complexity index is 664. The molecule has 0 spiro atoms.